The highest BCUT2D eigenvalue weighted by atomic mass is 35.5. The number of anilines is 1. The molecular weight excluding hydrogens is 353 g/mol. The van der Waals surface area contributed by atoms with E-state index in [4.69, 9.17) is 23.2 Å². The minimum Gasteiger partial charge on any atom is -0.304 e. The first-order valence-electron chi connectivity index (χ1n) is 7.51. The largest absolute Gasteiger partial charge is 0.304 e. The molecule has 1 heterocycles. The molecule has 1 amide bonds. The minimum absolute atomic E-state index is 0.113. The van der Waals surface area contributed by atoms with Gasteiger partial charge in [0.2, 0.25) is 5.91 Å². The molecule has 124 valence electrons. The average molecular weight is 372 g/mol. The van der Waals surface area contributed by atoms with Crippen molar-refractivity contribution in [1.29, 1.82) is 0 Å². The number of para-hydroxylation sites is 1. The summed E-state index contributed by atoms with van der Waals surface area (Å²) >= 11 is 13.4. The van der Waals surface area contributed by atoms with Crippen LogP contribution in [0.15, 0.2) is 24.3 Å². The predicted octanol–water partition coefficient (Wildman–Crippen LogP) is 4.39. The summed E-state index contributed by atoms with van der Waals surface area (Å²) in [4.78, 5) is 14.5. The fraction of sp³-hybridized carbons (Fsp3) is 0.438. The van der Waals surface area contributed by atoms with Gasteiger partial charge in [-0.05, 0) is 24.5 Å². The highest BCUT2D eigenvalue weighted by Crippen LogP contribution is 2.26. The van der Waals surface area contributed by atoms with Crippen LogP contribution in [0.4, 0.5) is 5.69 Å². The number of aromatic nitrogens is 2. The van der Waals surface area contributed by atoms with Gasteiger partial charge in [-0.3, -0.25) is 4.79 Å². The van der Waals surface area contributed by atoms with Gasteiger partial charge in [-0.15, -0.1) is 33.4 Å². The third-order valence-electron chi connectivity index (χ3n) is 3.47. The summed E-state index contributed by atoms with van der Waals surface area (Å²) < 4.78 is 0. The van der Waals surface area contributed by atoms with Crippen LogP contribution in [0.5, 0.6) is 0 Å². The monoisotopic (exact) mass is 371 g/mol. The Hall–Kier alpha value is -1.17. The molecule has 1 atom stereocenters. The van der Waals surface area contributed by atoms with Gasteiger partial charge in [-0.1, -0.05) is 43.4 Å². The summed E-state index contributed by atoms with van der Waals surface area (Å²) in [6.07, 6.45) is 1.41. The Morgan fingerprint density at radius 3 is 2.57 bits per heavy atom. The first-order chi connectivity index (χ1) is 11.1. The second kappa shape index (κ2) is 8.62. The van der Waals surface area contributed by atoms with Crippen molar-refractivity contribution >= 4 is 46.1 Å². The van der Waals surface area contributed by atoms with Gasteiger partial charge in [0, 0.05) is 5.69 Å². The summed E-state index contributed by atoms with van der Waals surface area (Å²) in [5.41, 5.74) is 1.98. The van der Waals surface area contributed by atoms with Gasteiger partial charge in [-0.2, -0.15) is 0 Å². The van der Waals surface area contributed by atoms with Crippen molar-refractivity contribution in [1.82, 2.24) is 10.2 Å². The number of halogens is 2. The Morgan fingerprint density at radius 1 is 1.26 bits per heavy atom. The second-order valence-electron chi connectivity index (χ2n) is 5.01. The lowest BCUT2D eigenvalue weighted by Gasteiger charge is -2.26. The molecule has 4 nitrogen and oxygen atoms in total. The molecule has 2 rings (SSSR count). The maximum absolute atomic E-state index is 12.7. The van der Waals surface area contributed by atoms with Crippen LogP contribution in [0.2, 0.25) is 0 Å². The summed E-state index contributed by atoms with van der Waals surface area (Å²) in [7, 11) is 0. The van der Waals surface area contributed by atoms with Gasteiger partial charge in [0.15, 0.2) is 0 Å². The van der Waals surface area contributed by atoms with Gasteiger partial charge in [-0.25, -0.2) is 0 Å². The fourth-order valence-corrected chi connectivity index (χ4v) is 3.26. The van der Waals surface area contributed by atoms with E-state index in [1.54, 1.807) is 4.90 Å². The second-order valence-corrected chi connectivity index (χ2v) is 6.95. The fourth-order valence-electron chi connectivity index (χ4n) is 2.24. The molecular formula is C16H19Cl2N3OS. The zero-order chi connectivity index (χ0) is 16.8. The lowest BCUT2D eigenvalue weighted by Crippen LogP contribution is -2.36. The Morgan fingerprint density at radius 2 is 1.96 bits per heavy atom. The molecule has 23 heavy (non-hydrogen) atoms. The SMILES string of the molecule is CCc1ccccc1N(Cc1nnc(CCl)s1)C(=O)C(Cl)CC. The van der Waals surface area contributed by atoms with Crippen molar-refractivity contribution in [3.8, 4) is 0 Å². The molecule has 1 unspecified atom stereocenters. The van der Waals surface area contributed by atoms with E-state index in [-0.39, 0.29) is 5.91 Å². The molecule has 0 saturated carbocycles. The molecule has 0 saturated heterocycles. The molecule has 0 N–H and O–H groups in total. The molecule has 0 spiro atoms. The number of nitrogens with zero attached hydrogens (tertiary/aromatic N) is 3. The molecule has 1 aromatic heterocycles. The van der Waals surface area contributed by atoms with Crippen LogP contribution >= 0.6 is 34.5 Å². The Labute approximate surface area is 150 Å². The molecule has 0 aliphatic heterocycles. The molecule has 2 aromatic rings. The average Bonchev–Trinajstić information content (AvgIpc) is 3.06. The first kappa shape index (κ1) is 18.2. The van der Waals surface area contributed by atoms with Crippen LogP contribution in [-0.4, -0.2) is 21.5 Å². The zero-order valence-corrected chi connectivity index (χ0v) is 15.5. The van der Waals surface area contributed by atoms with E-state index >= 15 is 0 Å². The Kier molecular flexibility index (Phi) is 6.81. The van der Waals surface area contributed by atoms with Crippen molar-refractivity contribution in [2.75, 3.05) is 4.90 Å². The molecule has 0 radical (unpaired) electrons. The van der Waals surface area contributed by atoms with Gasteiger partial charge < -0.3 is 4.90 Å². The molecule has 0 bridgehead atoms. The zero-order valence-electron chi connectivity index (χ0n) is 13.1. The van der Waals surface area contributed by atoms with Gasteiger partial charge in [0.25, 0.3) is 0 Å². The van der Waals surface area contributed by atoms with Crippen molar-refractivity contribution in [3.05, 3.63) is 39.8 Å². The molecule has 0 aliphatic rings. The lowest BCUT2D eigenvalue weighted by molar-refractivity contribution is -0.118. The van der Waals surface area contributed by atoms with E-state index in [1.165, 1.54) is 11.3 Å². The van der Waals surface area contributed by atoms with Crippen molar-refractivity contribution in [2.24, 2.45) is 0 Å². The Balaban J connectivity index is 2.36. The van der Waals surface area contributed by atoms with Crippen LogP contribution in [0.3, 0.4) is 0 Å². The number of alkyl halides is 2. The number of aryl methyl sites for hydroxylation is 1. The molecule has 0 aliphatic carbocycles. The number of carbonyl (C=O) groups excluding carboxylic acids is 1. The lowest BCUT2D eigenvalue weighted by atomic mass is 10.1. The minimum atomic E-state index is -0.555. The maximum Gasteiger partial charge on any atom is 0.245 e. The molecule has 7 heteroatoms. The van der Waals surface area contributed by atoms with Crippen molar-refractivity contribution in [3.63, 3.8) is 0 Å². The van der Waals surface area contributed by atoms with Gasteiger partial charge >= 0.3 is 0 Å². The van der Waals surface area contributed by atoms with Crippen LogP contribution in [0, 0.1) is 0 Å². The number of amides is 1. The molecule has 0 fully saturated rings. The van der Waals surface area contributed by atoms with Crippen LogP contribution in [-0.2, 0) is 23.6 Å². The first-order valence-corrected chi connectivity index (χ1v) is 9.30. The van der Waals surface area contributed by atoms with Crippen LogP contribution < -0.4 is 4.90 Å². The number of hydrogen-bond acceptors (Lipinski definition) is 4. The number of rotatable bonds is 7. The van der Waals surface area contributed by atoms with Crippen molar-refractivity contribution in [2.45, 2.75) is 44.5 Å². The third-order valence-corrected chi connectivity index (χ3v) is 5.29. The summed E-state index contributed by atoms with van der Waals surface area (Å²) in [5, 5.41) is 9.08. The van der Waals surface area contributed by atoms with E-state index in [9.17, 15) is 4.79 Å². The van der Waals surface area contributed by atoms with E-state index < -0.39 is 5.38 Å². The smallest absolute Gasteiger partial charge is 0.245 e. The number of benzene rings is 1. The number of hydrogen-bond donors (Lipinski definition) is 0. The third kappa shape index (κ3) is 4.43. The van der Waals surface area contributed by atoms with Crippen molar-refractivity contribution < 1.29 is 4.79 Å². The maximum atomic E-state index is 12.7. The van der Waals surface area contributed by atoms with E-state index in [2.05, 4.69) is 17.1 Å². The van der Waals surface area contributed by atoms with E-state index in [0.717, 1.165) is 27.7 Å². The highest BCUT2D eigenvalue weighted by Gasteiger charge is 2.25. The van der Waals surface area contributed by atoms with Gasteiger partial charge in [0.1, 0.15) is 15.4 Å². The standard InChI is InChI=1S/C16H19Cl2N3OS/c1-3-11-7-5-6-8-13(11)21(16(22)12(18)4-2)10-15-20-19-14(9-17)23-15/h5-8,12H,3-4,9-10H2,1-2H3. The highest BCUT2D eigenvalue weighted by molar-refractivity contribution is 7.11. The predicted molar refractivity (Wildman–Crippen MR) is 96.4 cm³/mol. The summed E-state index contributed by atoms with van der Waals surface area (Å²) in [5.74, 6) is 0.210. The Bertz CT molecular complexity index is 662. The molecule has 1 aromatic carbocycles. The topological polar surface area (TPSA) is 46.1 Å². The van der Waals surface area contributed by atoms with Gasteiger partial charge in [0.05, 0.1) is 12.4 Å². The van der Waals surface area contributed by atoms with Crippen LogP contribution in [0.1, 0.15) is 35.8 Å². The normalized spacial score (nSPS) is 12.2. The van der Waals surface area contributed by atoms with Crippen LogP contribution in [0.25, 0.3) is 0 Å². The van der Waals surface area contributed by atoms with E-state index in [1.807, 2.05) is 31.2 Å². The quantitative estimate of drug-likeness (QED) is 0.677. The number of carbonyl (C=O) groups is 1. The van der Waals surface area contributed by atoms with E-state index in [0.29, 0.717) is 18.8 Å². The summed E-state index contributed by atoms with van der Waals surface area (Å²) in [6, 6.07) is 7.86. The summed E-state index contributed by atoms with van der Waals surface area (Å²) in [6.45, 7) is 4.32.